The molecule has 4 rings (SSSR count). The van der Waals surface area contributed by atoms with Gasteiger partial charge in [0.1, 0.15) is 23.0 Å². The van der Waals surface area contributed by atoms with Crippen molar-refractivity contribution in [2.24, 2.45) is 14.1 Å². The number of amides is 1. The second kappa shape index (κ2) is 7.86. The molecular weight excluding hydrogens is 403 g/mol. The number of nitrogens with zero attached hydrogens (tertiary/aromatic N) is 5. The normalized spacial score (nSPS) is 10.8. The van der Waals surface area contributed by atoms with Crippen molar-refractivity contribution in [1.29, 1.82) is 0 Å². The molecule has 0 saturated carbocycles. The van der Waals surface area contributed by atoms with E-state index in [4.69, 9.17) is 0 Å². The number of nitrogens with one attached hydrogen (secondary N) is 3. The number of halogens is 1. The van der Waals surface area contributed by atoms with E-state index in [9.17, 15) is 14.0 Å². The Morgan fingerprint density at radius 3 is 2.58 bits per heavy atom. The fourth-order valence-electron chi connectivity index (χ4n) is 3.12. The lowest BCUT2D eigenvalue weighted by molar-refractivity contribution is 0.0963. The molecule has 3 N–H and O–H groups in total. The van der Waals surface area contributed by atoms with Gasteiger partial charge in [-0.3, -0.25) is 9.59 Å². The lowest BCUT2D eigenvalue weighted by Gasteiger charge is -2.11. The third-order valence-electron chi connectivity index (χ3n) is 4.70. The first-order chi connectivity index (χ1) is 14.9. The van der Waals surface area contributed by atoms with Gasteiger partial charge in [0.05, 0.1) is 22.8 Å². The number of rotatable bonds is 5. The number of aromatic nitrogens is 5. The SMILES string of the molecule is CNC(=O)c1cnc(Nc2ccc(F)cn2)nc1Nc1cn(C)c2ccn(C)c(=O)c12. The number of carbonyl (C=O) groups is 1. The Hall–Kier alpha value is -4.28. The average Bonchev–Trinajstić information content (AvgIpc) is 3.07. The number of hydrogen-bond donors (Lipinski definition) is 3. The lowest BCUT2D eigenvalue weighted by Crippen LogP contribution is -2.21. The van der Waals surface area contributed by atoms with E-state index in [0.717, 1.165) is 11.7 Å². The highest BCUT2D eigenvalue weighted by Crippen LogP contribution is 2.27. The van der Waals surface area contributed by atoms with E-state index < -0.39 is 11.7 Å². The zero-order valence-electron chi connectivity index (χ0n) is 17.0. The monoisotopic (exact) mass is 422 g/mol. The number of anilines is 4. The number of fused-ring (bicyclic) bond motifs is 1. The fourth-order valence-corrected chi connectivity index (χ4v) is 3.12. The summed E-state index contributed by atoms with van der Waals surface area (Å²) in [4.78, 5) is 37.5. The molecule has 0 spiro atoms. The van der Waals surface area contributed by atoms with Crippen LogP contribution < -0.4 is 21.5 Å². The van der Waals surface area contributed by atoms with Gasteiger partial charge in [-0.25, -0.2) is 14.4 Å². The molecule has 158 valence electrons. The van der Waals surface area contributed by atoms with Crippen LogP contribution in [-0.2, 0) is 14.1 Å². The minimum absolute atomic E-state index is 0.141. The largest absolute Gasteiger partial charge is 0.355 e. The van der Waals surface area contributed by atoms with Gasteiger partial charge in [-0.1, -0.05) is 0 Å². The van der Waals surface area contributed by atoms with E-state index in [1.807, 2.05) is 13.1 Å². The molecule has 0 bridgehead atoms. The average molecular weight is 422 g/mol. The van der Waals surface area contributed by atoms with E-state index in [2.05, 4.69) is 30.9 Å². The van der Waals surface area contributed by atoms with E-state index >= 15 is 0 Å². The second-order valence-corrected chi connectivity index (χ2v) is 6.79. The van der Waals surface area contributed by atoms with Crippen molar-refractivity contribution < 1.29 is 9.18 Å². The molecule has 0 aromatic carbocycles. The summed E-state index contributed by atoms with van der Waals surface area (Å²) >= 11 is 0. The predicted octanol–water partition coefficient (Wildman–Crippen LogP) is 2.05. The van der Waals surface area contributed by atoms with E-state index in [-0.39, 0.29) is 22.9 Å². The van der Waals surface area contributed by atoms with Crippen LogP contribution in [0.25, 0.3) is 10.9 Å². The summed E-state index contributed by atoms with van der Waals surface area (Å²) < 4.78 is 16.4. The van der Waals surface area contributed by atoms with E-state index in [1.165, 1.54) is 29.9 Å². The molecule has 1 amide bonds. The van der Waals surface area contributed by atoms with Crippen molar-refractivity contribution in [3.05, 3.63) is 64.7 Å². The van der Waals surface area contributed by atoms with Crippen LogP contribution in [0.2, 0.25) is 0 Å². The van der Waals surface area contributed by atoms with Crippen LogP contribution in [0.15, 0.2) is 47.8 Å². The predicted molar refractivity (Wildman–Crippen MR) is 114 cm³/mol. The minimum atomic E-state index is -0.471. The molecule has 0 aliphatic rings. The first-order valence-electron chi connectivity index (χ1n) is 9.26. The first-order valence-corrected chi connectivity index (χ1v) is 9.26. The lowest BCUT2D eigenvalue weighted by atomic mass is 10.2. The molecule has 4 aromatic heterocycles. The summed E-state index contributed by atoms with van der Waals surface area (Å²) in [5.41, 5.74) is 1.22. The van der Waals surface area contributed by atoms with Crippen molar-refractivity contribution in [2.75, 3.05) is 17.7 Å². The molecular formula is C20H19FN8O2. The van der Waals surface area contributed by atoms with Gasteiger partial charge in [-0.05, 0) is 18.2 Å². The highest BCUT2D eigenvalue weighted by atomic mass is 19.1. The van der Waals surface area contributed by atoms with Crippen LogP contribution in [0, 0.1) is 5.82 Å². The molecule has 0 atom stereocenters. The van der Waals surface area contributed by atoms with Crippen LogP contribution in [0.4, 0.5) is 27.7 Å². The molecule has 0 saturated heterocycles. The summed E-state index contributed by atoms with van der Waals surface area (Å²) in [6.45, 7) is 0. The number of hydrogen-bond acceptors (Lipinski definition) is 7. The Kier molecular flexibility index (Phi) is 5.07. The van der Waals surface area contributed by atoms with Crippen LogP contribution in [0.3, 0.4) is 0 Å². The molecule has 10 nitrogen and oxygen atoms in total. The summed E-state index contributed by atoms with van der Waals surface area (Å²) in [5, 5.41) is 8.95. The quantitative estimate of drug-likeness (QED) is 0.450. The van der Waals surface area contributed by atoms with Crippen LogP contribution in [0.1, 0.15) is 10.4 Å². The summed E-state index contributed by atoms with van der Waals surface area (Å²) in [6, 6.07) is 4.51. The maximum Gasteiger partial charge on any atom is 0.261 e. The molecule has 4 heterocycles. The van der Waals surface area contributed by atoms with Gasteiger partial charge in [0.25, 0.3) is 11.5 Å². The Bertz CT molecular complexity index is 1340. The molecule has 0 radical (unpaired) electrons. The van der Waals surface area contributed by atoms with Gasteiger partial charge < -0.3 is 25.1 Å². The van der Waals surface area contributed by atoms with Gasteiger partial charge in [0, 0.05) is 39.7 Å². The Morgan fingerprint density at radius 2 is 1.87 bits per heavy atom. The van der Waals surface area contributed by atoms with E-state index in [0.29, 0.717) is 16.9 Å². The maximum absolute atomic E-state index is 13.1. The zero-order valence-corrected chi connectivity index (χ0v) is 17.0. The maximum atomic E-state index is 13.1. The van der Waals surface area contributed by atoms with E-state index in [1.54, 1.807) is 24.0 Å². The van der Waals surface area contributed by atoms with Crippen molar-refractivity contribution in [3.63, 3.8) is 0 Å². The molecule has 11 heteroatoms. The summed E-state index contributed by atoms with van der Waals surface area (Å²) in [7, 11) is 4.98. The van der Waals surface area contributed by atoms with Crippen molar-refractivity contribution in [1.82, 2.24) is 29.4 Å². The van der Waals surface area contributed by atoms with Crippen LogP contribution in [0.5, 0.6) is 0 Å². The van der Waals surface area contributed by atoms with Gasteiger partial charge in [-0.2, -0.15) is 4.98 Å². The minimum Gasteiger partial charge on any atom is -0.355 e. The third-order valence-corrected chi connectivity index (χ3v) is 4.70. The molecule has 0 aliphatic heterocycles. The Balaban J connectivity index is 1.78. The molecule has 0 unspecified atom stereocenters. The van der Waals surface area contributed by atoms with Crippen molar-refractivity contribution >= 4 is 40.1 Å². The van der Waals surface area contributed by atoms with Gasteiger partial charge in [0.2, 0.25) is 5.95 Å². The topological polar surface area (TPSA) is 119 Å². The molecule has 31 heavy (non-hydrogen) atoms. The van der Waals surface area contributed by atoms with Crippen molar-refractivity contribution in [3.8, 4) is 0 Å². The fraction of sp³-hybridized carbons (Fsp3) is 0.150. The molecule has 0 fully saturated rings. The number of carbonyl (C=O) groups excluding carboxylic acids is 1. The number of pyridine rings is 2. The Labute approximate surface area is 175 Å². The zero-order chi connectivity index (χ0) is 22.1. The summed E-state index contributed by atoms with van der Waals surface area (Å²) in [5.74, 6) is -0.206. The highest BCUT2D eigenvalue weighted by molar-refractivity contribution is 6.01. The standard InChI is InChI=1S/C20H19FN8O2/c1-22-18(30)12-9-24-20(26-15-5-4-11(21)8-23-15)27-17(12)25-13-10-29(3)14-6-7-28(2)19(31)16(13)14/h4-10H,1-3H3,(H,22,30)(H2,23,24,25,26,27). The second-order valence-electron chi connectivity index (χ2n) is 6.79. The number of aryl methyl sites for hydroxylation is 2. The van der Waals surface area contributed by atoms with Crippen LogP contribution >= 0.6 is 0 Å². The summed E-state index contributed by atoms with van der Waals surface area (Å²) in [6.07, 6.45) is 5.85. The van der Waals surface area contributed by atoms with Gasteiger partial charge in [0.15, 0.2) is 0 Å². The Morgan fingerprint density at radius 1 is 1.06 bits per heavy atom. The highest BCUT2D eigenvalue weighted by Gasteiger charge is 2.18. The van der Waals surface area contributed by atoms with Crippen molar-refractivity contribution in [2.45, 2.75) is 0 Å². The first kappa shape index (κ1) is 20.0. The van der Waals surface area contributed by atoms with Gasteiger partial charge in [-0.15, -0.1) is 0 Å². The smallest absolute Gasteiger partial charge is 0.261 e. The van der Waals surface area contributed by atoms with Crippen LogP contribution in [-0.4, -0.2) is 37.0 Å². The van der Waals surface area contributed by atoms with Gasteiger partial charge >= 0.3 is 0 Å². The third kappa shape index (κ3) is 3.80. The molecule has 0 aliphatic carbocycles. The molecule has 4 aromatic rings.